The van der Waals surface area contributed by atoms with Gasteiger partial charge in [-0.2, -0.15) is 5.10 Å². The van der Waals surface area contributed by atoms with Gasteiger partial charge < -0.3 is 11.1 Å². The third-order valence-corrected chi connectivity index (χ3v) is 7.00. The molecule has 7 nitrogen and oxygen atoms in total. The lowest BCUT2D eigenvalue weighted by atomic mass is 9.83. The monoisotopic (exact) mass is 609 g/mol. The summed E-state index contributed by atoms with van der Waals surface area (Å²) in [6.45, 7) is 1.47. The molecule has 2 amide bonds. The van der Waals surface area contributed by atoms with E-state index in [0.717, 1.165) is 18.2 Å². The summed E-state index contributed by atoms with van der Waals surface area (Å²) in [7, 11) is 0. The molecule has 228 valence electrons. The Bertz CT molecular complexity index is 1540. The van der Waals surface area contributed by atoms with E-state index in [4.69, 9.17) is 5.73 Å². The highest BCUT2D eigenvalue weighted by atomic mass is 19.3. The molecular weight excluding hydrogens is 583 g/mol. The summed E-state index contributed by atoms with van der Waals surface area (Å²) < 4.78 is 97.0. The number of aromatic nitrogens is 2. The summed E-state index contributed by atoms with van der Waals surface area (Å²) in [6.07, 6.45) is -2.11. The van der Waals surface area contributed by atoms with Crippen LogP contribution in [-0.4, -0.2) is 39.9 Å². The summed E-state index contributed by atoms with van der Waals surface area (Å²) >= 11 is 0. The van der Waals surface area contributed by atoms with Crippen molar-refractivity contribution in [2.45, 2.75) is 56.7 Å². The molecule has 3 aromatic rings. The number of rotatable bonds is 11. The summed E-state index contributed by atoms with van der Waals surface area (Å²) in [5.74, 6) is -5.29. The molecule has 1 aliphatic rings. The Kier molecular flexibility index (Phi) is 9.66. The number of alkyl halides is 4. The van der Waals surface area contributed by atoms with Gasteiger partial charge in [0.05, 0.1) is 17.6 Å². The van der Waals surface area contributed by atoms with E-state index in [-0.39, 0.29) is 18.4 Å². The number of amides is 2. The maximum Gasteiger partial charge on any atom is 0.282 e. The number of benzene rings is 2. The van der Waals surface area contributed by atoms with Gasteiger partial charge >= 0.3 is 0 Å². The standard InChI is InChI=1S/C29H26F7N5O2/c1-2-23(41-24(27(35)36)13-22(40-41)26(33)34)29(43)39-21(10-14-8-16(30)12-17(31)9-14)25-18(4-3-7-38-25)15-5-6-20(32)19(11-15)28(37)42/h3-9,11-13,18,21,23,25-27H,2,10H2,1H3,(H2,37,42)(H,39,43)/t18-,21+,23?,25?/m1/s1. The second-order valence-corrected chi connectivity index (χ2v) is 9.86. The fraction of sp³-hybridized carbons (Fsp3) is 0.310. The number of nitrogens with two attached hydrogens (primary N) is 1. The summed E-state index contributed by atoms with van der Waals surface area (Å²) in [6, 6.07) is 3.43. The molecule has 0 saturated carbocycles. The molecule has 1 aromatic heterocycles. The Balaban J connectivity index is 1.75. The van der Waals surface area contributed by atoms with E-state index in [2.05, 4.69) is 15.4 Å². The molecule has 2 unspecified atom stereocenters. The van der Waals surface area contributed by atoms with E-state index in [9.17, 15) is 40.3 Å². The van der Waals surface area contributed by atoms with Crippen LogP contribution in [0.15, 0.2) is 59.6 Å². The molecule has 0 bridgehead atoms. The first kappa shape index (κ1) is 31.4. The molecule has 2 aromatic carbocycles. The van der Waals surface area contributed by atoms with Gasteiger partial charge in [0.1, 0.15) is 34.9 Å². The minimum absolute atomic E-state index is 0.114. The Morgan fingerprint density at radius 3 is 2.30 bits per heavy atom. The highest BCUT2D eigenvalue weighted by molar-refractivity contribution is 5.93. The van der Waals surface area contributed by atoms with Gasteiger partial charge in [-0.15, -0.1) is 0 Å². The number of allylic oxidation sites excluding steroid dienone is 1. The van der Waals surface area contributed by atoms with Crippen LogP contribution in [0.1, 0.15) is 71.0 Å². The number of carbonyl (C=O) groups excluding carboxylic acids is 2. The topological polar surface area (TPSA) is 102 Å². The van der Waals surface area contributed by atoms with Crippen LogP contribution in [0.2, 0.25) is 0 Å². The third kappa shape index (κ3) is 7.12. The number of hydrogen-bond donors (Lipinski definition) is 2. The van der Waals surface area contributed by atoms with E-state index in [1.807, 2.05) is 0 Å². The van der Waals surface area contributed by atoms with Crippen molar-refractivity contribution in [2.75, 3.05) is 0 Å². The van der Waals surface area contributed by atoms with E-state index in [0.29, 0.717) is 22.4 Å². The summed E-state index contributed by atoms with van der Waals surface area (Å²) in [5.41, 5.74) is 3.57. The number of hydrogen-bond acceptors (Lipinski definition) is 4. The quantitative estimate of drug-likeness (QED) is 0.271. The molecule has 0 radical (unpaired) electrons. The summed E-state index contributed by atoms with van der Waals surface area (Å²) in [5, 5.41) is 6.24. The van der Waals surface area contributed by atoms with Crippen molar-refractivity contribution in [3.05, 3.63) is 100 Å². The molecule has 0 aliphatic carbocycles. The van der Waals surface area contributed by atoms with Crippen LogP contribution >= 0.6 is 0 Å². The van der Waals surface area contributed by atoms with Gasteiger partial charge in [0, 0.05) is 18.2 Å². The van der Waals surface area contributed by atoms with Gasteiger partial charge in [0.25, 0.3) is 18.8 Å². The van der Waals surface area contributed by atoms with Crippen molar-refractivity contribution < 1.29 is 40.3 Å². The van der Waals surface area contributed by atoms with Crippen molar-refractivity contribution in [1.82, 2.24) is 15.1 Å². The molecular formula is C29H26F7N5O2. The first-order valence-corrected chi connectivity index (χ1v) is 13.1. The molecule has 14 heteroatoms. The number of nitrogens with one attached hydrogen (secondary N) is 1. The first-order chi connectivity index (χ1) is 20.4. The zero-order valence-corrected chi connectivity index (χ0v) is 22.5. The average Bonchev–Trinajstić information content (AvgIpc) is 3.39. The zero-order valence-electron chi connectivity index (χ0n) is 22.5. The maximum absolute atomic E-state index is 14.2. The van der Waals surface area contributed by atoms with Crippen LogP contribution in [0.3, 0.4) is 0 Å². The SMILES string of the molecule is CCC(C(=O)N[C@@H](Cc1cc(F)cc(F)c1)C1N=CC=C[C@@H]1c1ccc(F)c(C(N)=O)c1)n1nc(C(F)F)cc1C(F)F. The molecule has 4 atom stereocenters. The fourth-order valence-corrected chi connectivity index (χ4v) is 5.06. The van der Waals surface area contributed by atoms with Crippen molar-refractivity contribution in [1.29, 1.82) is 0 Å². The fourth-order valence-electron chi connectivity index (χ4n) is 5.06. The number of nitrogens with zero attached hydrogens (tertiary/aromatic N) is 3. The van der Waals surface area contributed by atoms with Gasteiger partial charge in [0.2, 0.25) is 5.91 Å². The van der Waals surface area contributed by atoms with Crippen molar-refractivity contribution in [3.63, 3.8) is 0 Å². The lowest BCUT2D eigenvalue weighted by molar-refractivity contribution is -0.125. The molecule has 1 aliphatic heterocycles. The second kappa shape index (κ2) is 13.2. The molecule has 0 saturated heterocycles. The molecule has 4 rings (SSSR count). The van der Waals surface area contributed by atoms with E-state index < -0.39 is 83.1 Å². The molecule has 43 heavy (non-hydrogen) atoms. The number of primary amides is 1. The van der Waals surface area contributed by atoms with Crippen molar-refractivity contribution in [3.8, 4) is 0 Å². The van der Waals surface area contributed by atoms with Crippen molar-refractivity contribution >= 4 is 18.0 Å². The van der Waals surface area contributed by atoms with Gasteiger partial charge in [-0.1, -0.05) is 19.1 Å². The van der Waals surface area contributed by atoms with E-state index in [1.165, 1.54) is 25.3 Å². The number of aliphatic imine (C=N–C) groups is 1. The normalized spacial score (nSPS) is 17.8. The molecule has 2 heterocycles. The highest BCUT2D eigenvalue weighted by Gasteiger charge is 2.35. The Morgan fingerprint density at radius 1 is 1.00 bits per heavy atom. The lowest BCUT2D eigenvalue weighted by Crippen LogP contribution is -2.49. The third-order valence-electron chi connectivity index (χ3n) is 7.00. The number of carbonyl (C=O) groups is 2. The van der Waals surface area contributed by atoms with Crippen LogP contribution in [0.4, 0.5) is 30.7 Å². The van der Waals surface area contributed by atoms with Crippen molar-refractivity contribution in [2.24, 2.45) is 10.7 Å². The van der Waals surface area contributed by atoms with Crippen LogP contribution in [0.25, 0.3) is 0 Å². The van der Waals surface area contributed by atoms with Crippen LogP contribution < -0.4 is 11.1 Å². The molecule has 0 fully saturated rings. The van der Waals surface area contributed by atoms with Gasteiger partial charge in [-0.3, -0.25) is 19.3 Å². The smallest absolute Gasteiger partial charge is 0.282 e. The number of halogens is 7. The van der Waals surface area contributed by atoms with Crippen LogP contribution in [0, 0.1) is 17.5 Å². The van der Waals surface area contributed by atoms with Crippen LogP contribution in [0.5, 0.6) is 0 Å². The molecule has 3 N–H and O–H groups in total. The Morgan fingerprint density at radius 2 is 1.70 bits per heavy atom. The van der Waals surface area contributed by atoms with Crippen LogP contribution in [-0.2, 0) is 11.2 Å². The Hall–Kier alpha value is -4.49. The summed E-state index contributed by atoms with van der Waals surface area (Å²) in [4.78, 5) is 29.8. The zero-order chi connectivity index (χ0) is 31.4. The largest absolute Gasteiger partial charge is 0.366 e. The van der Waals surface area contributed by atoms with Gasteiger partial charge in [0.15, 0.2) is 0 Å². The second-order valence-electron chi connectivity index (χ2n) is 9.86. The van der Waals surface area contributed by atoms with E-state index in [1.54, 1.807) is 12.2 Å². The number of dihydropyridines is 1. The highest BCUT2D eigenvalue weighted by Crippen LogP contribution is 2.32. The first-order valence-electron chi connectivity index (χ1n) is 13.1. The van der Waals surface area contributed by atoms with E-state index >= 15 is 0 Å². The average molecular weight is 610 g/mol. The Labute approximate surface area is 241 Å². The predicted molar refractivity (Wildman–Crippen MR) is 143 cm³/mol. The van der Waals surface area contributed by atoms with Gasteiger partial charge in [-0.25, -0.2) is 30.7 Å². The maximum atomic E-state index is 14.2. The predicted octanol–water partition coefficient (Wildman–Crippen LogP) is 5.75. The molecule has 0 spiro atoms. The lowest BCUT2D eigenvalue weighted by Gasteiger charge is -2.33. The minimum Gasteiger partial charge on any atom is -0.366 e. The van der Waals surface area contributed by atoms with Gasteiger partial charge in [-0.05, 0) is 60.4 Å². The minimum atomic E-state index is -3.22.